The normalized spacial score (nSPS) is 15.2. The molecule has 1 aromatic rings. The predicted octanol–water partition coefficient (Wildman–Crippen LogP) is 2.71. The van der Waals surface area contributed by atoms with E-state index in [2.05, 4.69) is 33.0 Å². The molecule has 0 amide bonds. The van der Waals surface area contributed by atoms with E-state index in [9.17, 15) is 10.2 Å². The van der Waals surface area contributed by atoms with Gasteiger partial charge >= 0.3 is 0 Å². The van der Waals surface area contributed by atoms with Crippen molar-refractivity contribution in [2.45, 2.75) is 52.7 Å². The molecule has 0 aromatic heterocycles. The highest BCUT2D eigenvalue weighted by atomic mass is 16.3. The van der Waals surface area contributed by atoms with Gasteiger partial charge in [0.2, 0.25) is 0 Å². The zero-order valence-electron chi connectivity index (χ0n) is 12.5. The summed E-state index contributed by atoms with van der Waals surface area (Å²) in [6, 6.07) is 7.57. The molecule has 1 rings (SSSR count). The van der Waals surface area contributed by atoms with E-state index < -0.39 is 0 Å². The largest absolute Gasteiger partial charge is 0.508 e. The Labute approximate surface area is 116 Å². The van der Waals surface area contributed by atoms with E-state index in [-0.39, 0.29) is 11.5 Å². The molecule has 0 saturated heterocycles. The molecular formula is C16H27NO2. The van der Waals surface area contributed by atoms with Gasteiger partial charge in [-0.05, 0) is 42.9 Å². The van der Waals surface area contributed by atoms with Gasteiger partial charge in [0, 0.05) is 12.6 Å². The number of aliphatic hydroxyl groups excluding tert-OH is 1. The third-order valence-electron chi connectivity index (χ3n) is 3.03. The number of phenolic OH excluding ortho intramolecular Hbond substituents is 1. The number of benzene rings is 1. The SMILES string of the molecule is CC(Cc1ccc(O)cc1)NCC(O)CC(C)(C)C. The molecule has 0 spiro atoms. The van der Waals surface area contributed by atoms with Crippen LogP contribution in [0.4, 0.5) is 0 Å². The predicted molar refractivity (Wildman–Crippen MR) is 79.4 cm³/mol. The van der Waals surface area contributed by atoms with Crippen LogP contribution in [0.2, 0.25) is 0 Å². The van der Waals surface area contributed by atoms with Crippen molar-refractivity contribution in [3.63, 3.8) is 0 Å². The molecule has 3 nitrogen and oxygen atoms in total. The molecule has 0 aliphatic heterocycles. The van der Waals surface area contributed by atoms with Crippen molar-refractivity contribution in [1.29, 1.82) is 0 Å². The first-order valence-electron chi connectivity index (χ1n) is 6.95. The van der Waals surface area contributed by atoms with Crippen LogP contribution in [0.1, 0.15) is 39.7 Å². The number of phenols is 1. The maximum absolute atomic E-state index is 9.94. The monoisotopic (exact) mass is 265 g/mol. The lowest BCUT2D eigenvalue weighted by atomic mass is 9.89. The van der Waals surface area contributed by atoms with Crippen LogP contribution < -0.4 is 5.32 Å². The summed E-state index contributed by atoms with van der Waals surface area (Å²) in [4.78, 5) is 0. The van der Waals surface area contributed by atoms with Gasteiger partial charge in [-0.1, -0.05) is 32.9 Å². The zero-order chi connectivity index (χ0) is 14.5. The Kier molecular flexibility index (Phi) is 5.83. The molecule has 0 fully saturated rings. The molecule has 2 atom stereocenters. The second kappa shape index (κ2) is 6.92. The molecular weight excluding hydrogens is 238 g/mol. The Balaban J connectivity index is 2.31. The molecule has 3 N–H and O–H groups in total. The molecule has 2 unspecified atom stereocenters. The molecule has 0 radical (unpaired) electrons. The summed E-state index contributed by atoms with van der Waals surface area (Å²) in [6.07, 6.45) is 1.39. The van der Waals surface area contributed by atoms with Crippen LogP contribution in [0.5, 0.6) is 5.75 Å². The van der Waals surface area contributed by atoms with E-state index in [0.717, 1.165) is 12.8 Å². The zero-order valence-corrected chi connectivity index (χ0v) is 12.5. The third-order valence-corrected chi connectivity index (χ3v) is 3.03. The standard InChI is InChI=1S/C16H27NO2/c1-12(9-13-5-7-14(18)8-6-13)17-11-15(19)10-16(2,3)4/h5-8,12,15,17-19H,9-11H2,1-4H3. The highest BCUT2D eigenvalue weighted by Crippen LogP contribution is 2.20. The molecule has 1 aromatic carbocycles. The fourth-order valence-electron chi connectivity index (χ4n) is 2.17. The third kappa shape index (κ3) is 7.19. The van der Waals surface area contributed by atoms with Crippen molar-refractivity contribution in [3.05, 3.63) is 29.8 Å². The van der Waals surface area contributed by atoms with Gasteiger partial charge in [-0.3, -0.25) is 0 Å². The van der Waals surface area contributed by atoms with E-state index in [1.165, 1.54) is 5.56 Å². The Morgan fingerprint density at radius 2 is 1.74 bits per heavy atom. The summed E-state index contributed by atoms with van der Waals surface area (Å²) in [6.45, 7) is 9.13. The Hall–Kier alpha value is -1.06. The number of hydrogen-bond acceptors (Lipinski definition) is 3. The van der Waals surface area contributed by atoms with E-state index in [1.54, 1.807) is 12.1 Å². The summed E-state index contributed by atoms with van der Waals surface area (Å²) < 4.78 is 0. The number of nitrogens with one attached hydrogen (secondary N) is 1. The smallest absolute Gasteiger partial charge is 0.115 e. The molecule has 0 saturated carbocycles. The fraction of sp³-hybridized carbons (Fsp3) is 0.625. The Morgan fingerprint density at radius 1 is 1.16 bits per heavy atom. The van der Waals surface area contributed by atoms with Gasteiger partial charge in [0.15, 0.2) is 0 Å². The van der Waals surface area contributed by atoms with Crippen molar-refractivity contribution in [3.8, 4) is 5.75 Å². The van der Waals surface area contributed by atoms with Gasteiger partial charge in [0.05, 0.1) is 6.10 Å². The fourth-order valence-corrected chi connectivity index (χ4v) is 2.17. The lowest BCUT2D eigenvalue weighted by Gasteiger charge is -2.24. The number of aliphatic hydroxyl groups is 1. The second-order valence-electron chi connectivity index (χ2n) is 6.60. The highest BCUT2D eigenvalue weighted by Gasteiger charge is 2.17. The highest BCUT2D eigenvalue weighted by molar-refractivity contribution is 5.26. The van der Waals surface area contributed by atoms with Crippen LogP contribution in [0.3, 0.4) is 0 Å². The minimum absolute atomic E-state index is 0.154. The number of rotatable bonds is 6. The summed E-state index contributed by atoms with van der Waals surface area (Å²) in [7, 11) is 0. The minimum Gasteiger partial charge on any atom is -0.508 e. The van der Waals surface area contributed by atoms with Crippen molar-refractivity contribution in [2.24, 2.45) is 5.41 Å². The van der Waals surface area contributed by atoms with E-state index in [0.29, 0.717) is 18.3 Å². The van der Waals surface area contributed by atoms with Crippen LogP contribution in [-0.4, -0.2) is 28.9 Å². The molecule has 0 bridgehead atoms. The maximum Gasteiger partial charge on any atom is 0.115 e. The quantitative estimate of drug-likeness (QED) is 0.741. The van der Waals surface area contributed by atoms with E-state index in [1.807, 2.05) is 12.1 Å². The summed E-state index contributed by atoms with van der Waals surface area (Å²) in [5, 5.41) is 22.5. The molecule has 108 valence electrons. The first-order chi connectivity index (χ1) is 8.76. The van der Waals surface area contributed by atoms with Gasteiger partial charge < -0.3 is 15.5 Å². The van der Waals surface area contributed by atoms with Gasteiger partial charge in [0.1, 0.15) is 5.75 Å². The van der Waals surface area contributed by atoms with Crippen LogP contribution in [0.25, 0.3) is 0 Å². The van der Waals surface area contributed by atoms with Crippen LogP contribution in [0, 0.1) is 5.41 Å². The first-order valence-corrected chi connectivity index (χ1v) is 6.95. The lowest BCUT2D eigenvalue weighted by molar-refractivity contribution is 0.117. The average molecular weight is 265 g/mol. The summed E-state index contributed by atoms with van der Waals surface area (Å²) >= 11 is 0. The van der Waals surface area contributed by atoms with Gasteiger partial charge in [-0.25, -0.2) is 0 Å². The lowest BCUT2D eigenvalue weighted by Crippen LogP contribution is -2.36. The van der Waals surface area contributed by atoms with Gasteiger partial charge in [-0.15, -0.1) is 0 Å². The van der Waals surface area contributed by atoms with E-state index >= 15 is 0 Å². The number of hydrogen-bond donors (Lipinski definition) is 3. The van der Waals surface area contributed by atoms with Crippen LogP contribution in [-0.2, 0) is 6.42 Å². The van der Waals surface area contributed by atoms with Crippen molar-refractivity contribution in [1.82, 2.24) is 5.32 Å². The van der Waals surface area contributed by atoms with Crippen molar-refractivity contribution in [2.75, 3.05) is 6.54 Å². The van der Waals surface area contributed by atoms with Crippen molar-refractivity contribution < 1.29 is 10.2 Å². The summed E-state index contributed by atoms with van der Waals surface area (Å²) in [5.41, 5.74) is 1.34. The van der Waals surface area contributed by atoms with Crippen LogP contribution in [0.15, 0.2) is 24.3 Å². The minimum atomic E-state index is -0.303. The molecule has 0 aliphatic carbocycles. The average Bonchev–Trinajstić information content (AvgIpc) is 2.27. The Morgan fingerprint density at radius 3 is 2.26 bits per heavy atom. The topological polar surface area (TPSA) is 52.5 Å². The second-order valence-corrected chi connectivity index (χ2v) is 6.60. The first kappa shape index (κ1) is 16.0. The van der Waals surface area contributed by atoms with Gasteiger partial charge in [0.25, 0.3) is 0 Å². The van der Waals surface area contributed by atoms with Gasteiger partial charge in [-0.2, -0.15) is 0 Å². The van der Waals surface area contributed by atoms with Crippen LogP contribution >= 0.6 is 0 Å². The summed E-state index contributed by atoms with van der Waals surface area (Å²) in [5.74, 6) is 0.296. The molecule has 3 heteroatoms. The maximum atomic E-state index is 9.94. The van der Waals surface area contributed by atoms with Crippen molar-refractivity contribution >= 4 is 0 Å². The molecule has 0 heterocycles. The Bertz CT molecular complexity index is 367. The molecule has 0 aliphatic rings. The van der Waals surface area contributed by atoms with E-state index in [4.69, 9.17) is 0 Å². The number of aromatic hydroxyl groups is 1. The molecule has 19 heavy (non-hydrogen) atoms.